The van der Waals surface area contributed by atoms with Gasteiger partial charge in [-0.05, 0) is 143 Å². The topological polar surface area (TPSA) is 77.6 Å². The smallest absolute Gasteiger partial charge is 0.253 e. The Bertz CT molecular complexity index is 1520. The molecule has 3 aromatic rings. The van der Waals surface area contributed by atoms with E-state index in [-0.39, 0.29) is 23.9 Å². The molecule has 2 amide bonds. The third-order valence-electron chi connectivity index (χ3n) is 13.7. The van der Waals surface area contributed by atoms with Gasteiger partial charge in [-0.1, -0.05) is 48.5 Å². The molecule has 1 unspecified atom stereocenters. The second-order valence-corrected chi connectivity index (χ2v) is 16.3. The van der Waals surface area contributed by atoms with E-state index in [0.29, 0.717) is 41.2 Å². The molecule has 1 aromatic heterocycles. The fourth-order valence-corrected chi connectivity index (χ4v) is 11.1. The van der Waals surface area contributed by atoms with Crippen molar-refractivity contribution in [3.63, 3.8) is 0 Å². The lowest BCUT2D eigenvalue weighted by molar-refractivity contribution is 0.0883. The summed E-state index contributed by atoms with van der Waals surface area (Å²) in [6.07, 6.45) is 19.5. The third-order valence-corrected chi connectivity index (χ3v) is 13.7. The van der Waals surface area contributed by atoms with E-state index in [1.54, 1.807) is 40.7 Å². The first-order valence-electron chi connectivity index (χ1n) is 19.9. The number of aromatic nitrogens is 1. The average molecular weight is 672 g/mol. The molecule has 50 heavy (non-hydrogen) atoms. The van der Waals surface area contributed by atoms with Crippen LogP contribution in [0.25, 0.3) is 0 Å². The van der Waals surface area contributed by atoms with Gasteiger partial charge in [-0.25, -0.2) is 0 Å². The molecule has 6 aliphatic rings. The number of benzene rings is 2. The standard InChI is InChI=1S/C43H53N5O2/c49-42(45-30-13-9-28(10-14-30)22-25-47-38-17-18-39(47)33-6-2-1-5-32(33)38)36-21-24-44-27-37(36)43(50)46-31-15-11-29(12-16-31)23-26-48-40-19-20-41(48)35-8-4-3-7-34(35)40/h1-8,21,24,27-31,38-41H,9-20,22-23,25-26H2,(H,45,49)(H,46,50)/t28?,29?,30?,31?,38-,39?,40-,41+/m1/s1. The number of pyridine rings is 1. The summed E-state index contributed by atoms with van der Waals surface area (Å²) in [6.45, 7) is 2.35. The molecule has 4 fully saturated rings. The second kappa shape index (κ2) is 13.9. The van der Waals surface area contributed by atoms with E-state index in [9.17, 15) is 9.59 Å². The fourth-order valence-electron chi connectivity index (χ4n) is 11.1. The zero-order chi connectivity index (χ0) is 33.6. The summed E-state index contributed by atoms with van der Waals surface area (Å²) in [4.78, 5) is 36.8. The van der Waals surface area contributed by atoms with Crippen LogP contribution in [0.2, 0.25) is 0 Å². The summed E-state index contributed by atoms with van der Waals surface area (Å²) < 4.78 is 0. The number of nitrogens with zero attached hydrogens (tertiary/aromatic N) is 3. The lowest BCUT2D eigenvalue weighted by Gasteiger charge is -2.32. The van der Waals surface area contributed by atoms with E-state index in [4.69, 9.17) is 0 Å². The maximum atomic E-state index is 13.5. The van der Waals surface area contributed by atoms with E-state index in [0.717, 1.165) is 57.3 Å². The zero-order valence-corrected chi connectivity index (χ0v) is 29.4. The highest BCUT2D eigenvalue weighted by Gasteiger charge is 2.44. The number of hydrogen-bond donors (Lipinski definition) is 2. The van der Waals surface area contributed by atoms with Gasteiger partial charge in [-0.2, -0.15) is 0 Å². The molecule has 2 saturated carbocycles. The van der Waals surface area contributed by atoms with E-state index in [1.807, 2.05) is 0 Å². The van der Waals surface area contributed by atoms with Crippen LogP contribution >= 0.6 is 0 Å². The predicted molar refractivity (Wildman–Crippen MR) is 196 cm³/mol. The number of fused-ring (bicyclic) bond motifs is 10. The van der Waals surface area contributed by atoms with E-state index < -0.39 is 0 Å². The van der Waals surface area contributed by atoms with E-state index >= 15 is 0 Å². The number of carbonyl (C=O) groups excluding carboxylic acids is 2. The summed E-state index contributed by atoms with van der Waals surface area (Å²) in [5.74, 6) is 1.12. The van der Waals surface area contributed by atoms with Gasteiger partial charge in [0.2, 0.25) is 0 Å². The van der Waals surface area contributed by atoms with Gasteiger partial charge in [0.1, 0.15) is 0 Å². The van der Waals surface area contributed by atoms with Gasteiger partial charge in [0.25, 0.3) is 11.8 Å². The van der Waals surface area contributed by atoms with Crippen molar-refractivity contribution in [2.45, 2.75) is 126 Å². The molecule has 0 spiro atoms. The Balaban J connectivity index is 0.717. The molecule has 2 aromatic carbocycles. The van der Waals surface area contributed by atoms with Crippen molar-refractivity contribution in [2.24, 2.45) is 11.8 Å². The highest BCUT2D eigenvalue weighted by Crippen LogP contribution is 2.54. The Morgan fingerprint density at radius 1 is 0.540 bits per heavy atom. The van der Waals surface area contributed by atoms with Crippen molar-refractivity contribution in [1.29, 1.82) is 0 Å². The number of hydrogen-bond acceptors (Lipinski definition) is 5. The normalized spacial score (nSPS) is 31.4. The Labute approximate surface area is 297 Å². The summed E-state index contributed by atoms with van der Waals surface area (Å²) in [5.41, 5.74) is 7.09. The Hall–Kier alpha value is -3.55. The average Bonchev–Trinajstić information content (AvgIpc) is 3.92. The minimum absolute atomic E-state index is 0.144. The van der Waals surface area contributed by atoms with Crippen LogP contribution in [0.3, 0.4) is 0 Å². The molecule has 2 N–H and O–H groups in total. The van der Waals surface area contributed by atoms with Crippen LogP contribution in [-0.4, -0.2) is 51.8 Å². The van der Waals surface area contributed by atoms with Crippen LogP contribution in [-0.2, 0) is 0 Å². The second-order valence-electron chi connectivity index (χ2n) is 16.3. The van der Waals surface area contributed by atoms with Crippen molar-refractivity contribution < 1.29 is 9.59 Å². The Morgan fingerprint density at radius 3 is 1.36 bits per heavy atom. The fraction of sp³-hybridized carbons (Fsp3) is 0.558. The van der Waals surface area contributed by atoms with Crippen LogP contribution in [0.15, 0.2) is 67.0 Å². The molecule has 4 bridgehead atoms. The van der Waals surface area contributed by atoms with Crippen LogP contribution < -0.4 is 10.6 Å². The predicted octanol–water partition coefficient (Wildman–Crippen LogP) is 8.22. The number of nitrogens with one attached hydrogen (secondary N) is 2. The largest absolute Gasteiger partial charge is 0.349 e. The molecular formula is C43H53N5O2. The van der Waals surface area contributed by atoms with Crippen molar-refractivity contribution in [2.75, 3.05) is 13.1 Å². The minimum atomic E-state index is -0.167. The Morgan fingerprint density at radius 2 is 0.940 bits per heavy atom. The van der Waals surface area contributed by atoms with Crippen molar-refractivity contribution in [1.82, 2.24) is 25.4 Å². The molecule has 9 rings (SSSR count). The SMILES string of the molecule is O=C(NC1CCC(CCN2C3CC[C@@H]2c2ccccc23)CC1)c1ccncc1C(=O)NC1CCC(CCN2[C@@H]3CC[C@H]2c2ccccc23)CC1. The van der Waals surface area contributed by atoms with Gasteiger partial charge < -0.3 is 10.6 Å². The summed E-state index contributed by atoms with van der Waals surface area (Å²) in [6, 6.07) is 22.6. The molecule has 2 saturated heterocycles. The maximum absolute atomic E-state index is 13.5. The van der Waals surface area contributed by atoms with Crippen LogP contribution in [0, 0.1) is 11.8 Å². The number of rotatable bonds is 10. The van der Waals surface area contributed by atoms with Gasteiger partial charge in [-0.15, -0.1) is 0 Å². The number of carbonyl (C=O) groups is 2. The number of amides is 2. The van der Waals surface area contributed by atoms with Crippen molar-refractivity contribution >= 4 is 11.8 Å². The first-order chi connectivity index (χ1) is 24.6. The molecule has 262 valence electrons. The summed E-state index contributed by atoms with van der Waals surface area (Å²) >= 11 is 0. The quantitative estimate of drug-likeness (QED) is 0.227. The molecule has 4 atom stereocenters. The lowest BCUT2D eigenvalue weighted by Crippen LogP contribution is -2.41. The van der Waals surface area contributed by atoms with E-state index in [2.05, 4.69) is 73.9 Å². The summed E-state index contributed by atoms with van der Waals surface area (Å²) in [5, 5.41) is 6.56. The molecule has 2 aliphatic carbocycles. The lowest BCUT2D eigenvalue weighted by atomic mass is 9.83. The molecule has 0 radical (unpaired) electrons. The van der Waals surface area contributed by atoms with Gasteiger partial charge in [-0.3, -0.25) is 24.4 Å². The molecular weight excluding hydrogens is 619 g/mol. The first kappa shape index (κ1) is 32.4. The third kappa shape index (κ3) is 6.08. The van der Waals surface area contributed by atoms with Crippen LogP contribution in [0.4, 0.5) is 0 Å². The maximum Gasteiger partial charge on any atom is 0.253 e. The van der Waals surface area contributed by atoms with Crippen molar-refractivity contribution in [3.05, 3.63) is 100 Å². The molecule has 5 heterocycles. The van der Waals surface area contributed by atoms with Gasteiger partial charge >= 0.3 is 0 Å². The highest BCUT2D eigenvalue weighted by molar-refractivity contribution is 6.07. The Kier molecular flexibility index (Phi) is 8.98. The molecule has 4 aliphatic heterocycles. The van der Waals surface area contributed by atoms with Crippen LogP contribution in [0.5, 0.6) is 0 Å². The highest BCUT2D eigenvalue weighted by atomic mass is 16.2. The molecule has 7 nitrogen and oxygen atoms in total. The van der Waals surface area contributed by atoms with Gasteiger partial charge in [0.15, 0.2) is 0 Å². The van der Waals surface area contributed by atoms with Crippen molar-refractivity contribution in [3.8, 4) is 0 Å². The monoisotopic (exact) mass is 671 g/mol. The van der Waals surface area contributed by atoms with Gasteiger partial charge in [0.05, 0.1) is 11.1 Å². The zero-order valence-electron chi connectivity index (χ0n) is 29.4. The minimum Gasteiger partial charge on any atom is -0.349 e. The van der Waals surface area contributed by atoms with E-state index in [1.165, 1.54) is 51.6 Å². The molecule has 7 heteroatoms. The van der Waals surface area contributed by atoms with Gasteiger partial charge in [0, 0.05) is 48.6 Å². The van der Waals surface area contributed by atoms with Crippen LogP contribution in [0.1, 0.15) is 157 Å². The first-order valence-corrected chi connectivity index (χ1v) is 19.9. The summed E-state index contributed by atoms with van der Waals surface area (Å²) in [7, 11) is 0.